The molecule has 1 rings (SSSR count). The van der Waals surface area contributed by atoms with Crippen LogP contribution >= 0.6 is 0 Å². The molecular weight excluding hydrogens is 206 g/mol. The lowest BCUT2D eigenvalue weighted by atomic mass is 10.3. The first-order chi connectivity index (χ1) is 7.67. The summed E-state index contributed by atoms with van der Waals surface area (Å²) in [5, 5.41) is 8.13. The zero-order chi connectivity index (χ0) is 12.0. The second-order valence-electron chi connectivity index (χ2n) is 3.26. The maximum atomic E-state index is 11.3. The third kappa shape index (κ3) is 3.36. The molecule has 0 atom stereocenters. The van der Waals surface area contributed by atoms with Gasteiger partial charge in [-0.3, -0.25) is 15.2 Å². The number of carbonyl (C=O) groups excluding carboxylic acids is 1. The van der Waals surface area contributed by atoms with Gasteiger partial charge in [0.1, 0.15) is 12.1 Å². The van der Waals surface area contributed by atoms with E-state index in [1.165, 1.54) is 0 Å². The van der Waals surface area contributed by atoms with Gasteiger partial charge in [0.25, 0.3) is 0 Å². The van der Waals surface area contributed by atoms with Gasteiger partial charge in [-0.25, -0.2) is 5.84 Å². The van der Waals surface area contributed by atoms with Crippen molar-refractivity contribution in [2.45, 2.75) is 19.8 Å². The Labute approximate surface area is 94.3 Å². The summed E-state index contributed by atoms with van der Waals surface area (Å²) in [6.45, 7) is 1.91. The molecule has 5 nitrogen and oxygen atoms in total. The highest BCUT2D eigenvalue weighted by atomic mass is 16.5. The number of carbonyl (C=O) groups is 1. The number of benzene rings is 1. The summed E-state index contributed by atoms with van der Waals surface area (Å²) < 4.78 is 5.09. The van der Waals surface area contributed by atoms with Crippen molar-refractivity contribution in [3.8, 4) is 5.75 Å². The Morgan fingerprint density at radius 2 is 2.38 bits per heavy atom. The van der Waals surface area contributed by atoms with E-state index in [0.29, 0.717) is 17.9 Å². The summed E-state index contributed by atoms with van der Waals surface area (Å²) in [6.07, 6.45) is 2.12. The van der Waals surface area contributed by atoms with Gasteiger partial charge < -0.3 is 4.74 Å². The van der Waals surface area contributed by atoms with E-state index in [0.717, 1.165) is 17.8 Å². The smallest absolute Gasteiger partial charge is 0.311 e. The van der Waals surface area contributed by atoms with Crippen LogP contribution in [0.2, 0.25) is 0 Å². The van der Waals surface area contributed by atoms with E-state index < -0.39 is 0 Å². The molecule has 0 radical (unpaired) electrons. The predicted molar refractivity (Wildman–Crippen MR) is 62.4 cm³/mol. The van der Waals surface area contributed by atoms with Crippen molar-refractivity contribution in [3.05, 3.63) is 24.3 Å². The summed E-state index contributed by atoms with van der Waals surface area (Å²) in [4.78, 5) is 11.3. The average molecular weight is 221 g/mol. The van der Waals surface area contributed by atoms with Crippen molar-refractivity contribution >= 4 is 18.0 Å². The van der Waals surface area contributed by atoms with Crippen molar-refractivity contribution in [1.82, 2.24) is 0 Å². The molecule has 0 aliphatic rings. The quantitative estimate of drug-likeness (QED) is 0.198. The fourth-order valence-corrected chi connectivity index (χ4v) is 1.17. The van der Waals surface area contributed by atoms with Crippen molar-refractivity contribution in [1.29, 1.82) is 5.41 Å². The third-order valence-electron chi connectivity index (χ3n) is 1.94. The van der Waals surface area contributed by atoms with Gasteiger partial charge in [0.05, 0.1) is 5.69 Å². The lowest BCUT2D eigenvalue weighted by Crippen LogP contribution is -2.28. The zero-order valence-corrected chi connectivity index (χ0v) is 9.14. The van der Waals surface area contributed by atoms with Crippen LogP contribution in [-0.4, -0.2) is 12.3 Å². The number of hydrogen-bond donors (Lipinski definition) is 2. The zero-order valence-electron chi connectivity index (χ0n) is 9.14. The van der Waals surface area contributed by atoms with Crippen LogP contribution in [0.15, 0.2) is 24.3 Å². The Bertz CT molecular complexity index is 379. The van der Waals surface area contributed by atoms with Gasteiger partial charge in [-0.2, -0.15) is 0 Å². The summed E-state index contributed by atoms with van der Waals surface area (Å²) >= 11 is 0. The van der Waals surface area contributed by atoms with E-state index in [9.17, 15) is 4.79 Å². The second kappa shape index (κ2) is 5.87. The minimum atomic E-state index is -0.266. The molecule has 16 heavy (non-hydrogen) atoms. The maximum Gasteiger partial charge on any atom is 0.311 e. The molecule has 0 saturated carbocycles. The van der Waals surface area contributed by atoms with E-state index in [2.05, 4.69) is 0 Å². The highest BCUT2D eigenvalue weighted by Crippen LogP contribution is 2.19. The van der Waals surface area contributed by atoms with Crippen LogP contribution in [0.4, 0.5) is 5.69 Å². The molecule has 0 aromatic heterocycles. The molecule has 0 aliphatic carbocycles. The maximum absolute atomic E-state index is 11.3. The molecule has 0 heterocycles. The number of nitrogens with zero attached hydrogens (tertiary/aromatic N) is 1. The first kappa shape index (κ1) is 12.2. The van der Waals surface area contributed by atoms with Crippen molar-refractivity contribution in [3.63, 3.8) is 0 Å². The SMILES string of the molecule is CCCC(=O)Oc1cccc(N(N)C=N)c1. The Morgan fingerprint density at radius 1 is 1.62 bits per heavy atom. The Morgan fingerprint density at radius 3 is 3.00 bits per heavy atom. The van der Waals surface area contributed by atoms with E-state index in [4.69, 9.17) is 16.0 Å². The van der Waals surface area contributed by atoms with Crippen LogP contribution in [0.1, 0.15) is 19.8 Å². The van der Waals surface area contributed by atoms with Crippen LogP contribution in [0.5, 0.6) is 5.75 Å². The molecule has 5 heteroatoms. The molecule has 0 aliphatic heterocycles. The number of hydrazine groups is 1. The van der Waals surface area contributed by atoms with Gasteiger partial charge in [0.2, 0.25) is 0 Å². The molecule has 3 N–H and O–H groups in total. The van der Waals surface area contributed by atoms with E-state index in [1.807, 2.05) is 6.92 Å². The van der Waals surface area contributed by atoms with Crippen LogP contribution in [0, 0.1) is 5.41 Å². The standard InChI is InChI=1S/C11H15N3O2/c1-2-4-11(15)16-10-6-3-5-9(7-10)14(13)8-12/h3,5-8,12H,2,4,13H2,1H3. The van der Waals surface area contributed by atoms with Crippen molar-refractivity contribution < 1.29 is 9.53 Å². The van der Waals surface area contributed by atoms with Crippen LogP contribution in [-0.2, 0) is 4.79 Å². The van der Waals surface area contributed by atoms with Crippen molar-refractivity contribution in [2.75, 3.05) is 5.01 Å². The molecule has 0 spiro atoms. The largest absolute Gasteiger partial charge is 0.426 e. The third-order valence-corrected chi connectivity index (χ3v) is 1.94. The molecule has 1 aromatic rings. The van der Waals surface area contributed by atoms with Gasteiger partial charge >= 0.3 is 5.97 Å². The molecule has 0 unspecified atom stereocenters. The normalized spacial score (nSPS) is 9.62. The minimum absolute atomic E-state index is 0.266. The number of ether oxygens (including phenoxy) is 1. The monoisotopic (exact) mass is 221 g/mol. The van der Waals surface area contributed by atoms with E-state index >= 15 is 0 Å². The van der Waals surface area contributed by atoms with Gasteiger partial charge in [-0.1, -0.05) is 13.0 Å². The minimum Gasteiger partial charge on any atom is -0.426 e. The molecule has 86 valence electrons. The highest BCUT2D eigenvalue weighted by molar-refractivity contribution is 5.77. The number of hydrogen-bond acceptors (Lipinski definition) is 4. The summed E-state index contributed by atoms with van der Waals surface area (Å²) in [6, 6.07) is 6.73. The fraction of sp³-hybridized carbons (Fsp3) is 0.273. The van der Waals surface area contributed by atoms with E-state index in [-0.39, 0.29) is 5.97 Å². The predicted octanol–water partition coefficient (Wildman–Crippen LogP) is 1.68. The molecule has 0 fully saturated rings. The van der Waals surface area contributed by atoms with Gasteiger partial charge in [-0.05, 0) is 18.6 Å². The topological polar surface area (TPSA) is 79.4 Å². The van der Waals surface area contributed by atoms with Crippen LogP contribution in [0.25, 0.3) is 0 Å². The lowest BCUT2D eigenvalue weighted by Gasteiger charge is -2.12. The Hall–Kier alpha value is -1.88. The summed E-state index contributed by atoms with van der Waals surface area (Å²) in [7, 11) is 0. The summed E-state index contributed by atoms with van der Waals surface area (Å²) in [5.41, 5.74) is 0.594. The fourth-order valence-electron chi connectivity index (χ4n) is 1.17. The van der Waals surface area contributed by atoms with Gasteiger partial charge in [-0.15, -0.1) is 0 Å². The first-order valence-corrected chi connectivity index (χ1v) is 5.02. The number of nitrogens with one attached hydrogen (secondary N) is 1. The van der Waals surface area contributed by atoms with Gasteiger partial charge in [0.15, 0.2) is 0 Å². The second-order valence-corrected chi connectivity index (χ2v) is 3.26. The molecule has 0 amide bonds. The Balaban J connectivity index is 2.74. The highest BCUT2D eigenvalue weighted by Gasteiger charge is 2.05. The van der Waals surface area contributed by atoms with Gasteiger partial charge in [0, 0.05) is 12.5 Å². The molecule has 1 aromatic carbocycles. The first-order valence-electron chi connectivity index (χ1n) is 5.02. The van der Waals surface area contributed by atoms with Crippen molar-refractivity contribution in [2.24, 2.45) is 5.84 Å². The summed E-state index contributed by atoms with van der Waals surface area (Å²) in [5.74, 6) is 5.67. The van der Waals surface area contributed by atoms with E-state index in [1.54, 1.807) is 24.3 Å². The molecule has 0 saturated heterocycles. The lowest BCUT2D eigenvalue weighted by molar-refractivity contribution is -0.134. The Kier molecular flexibility index (Phi) is 4.47. The molecule has 0 bridgehead atoms. The van der Waals surface area contributed by atoms with Crippen LogP contribution < -0.4 is 15.6 Å². The number of rotatable bonds is 5. The number of esters is 1. The molecular formula is C11H15N3O2. The number of anilines is 1. The number of nitrogens with two attached hydrogens (primary N) is 1. The average Bonchev–Trinajstić information content (AvgIpc) is 2.28. The van der Waals surface area contributed by atoms with Crippen LogP contribution in [0.3, 0.4) is 0 Å².